The molecule has 0 aliphatic heterocycles. The number of carbonyl (C=O) groups is 1. The van der Waals surface area contributed by atoms with Crippen molar-refractivity contribution >= 4 is 45.9 Å². The first-order chi connectivity index (χ1) is 4.77. The van der Waals surface area contributed by atoms with E-state index in [4.69, 9.17) is 17.5 Å². The minimum absolute atomic E-state index is 0. The van der Waals surface area contributed by atoms with Gasteiger partial charge in [0.05, 0.1) is 6.61 Å². The van der Waals surface area contributed by atoms with Crippen molar-refractivity contribution in [2.75, 3.05) is 6.61 Å². The molecule has 0 fully saturated rings. The van der Waals surface area contributed by atoms with Gasteiger partial charge in [-0.2, -0.15) is 8.42 Å². The second-order valence-electron chi connectivity index (χ2n) is 1.37. The summed E-state index contributed by atoms with van der Waals surface area (Å²) in [6, 6.07) is 0. The maximum absolute atomic E-state index is 9.82. The zero-order chi connectivity index (χ0) is 9.49. The fourth-order valence-electron chi connectivity index (χ4n) is 0.203. The summed E-state index contributed by atoms with van der Waals surface area (Å²) in [5, 5.41) is 0. The molecule has 0 aliphatic rings. The first-order valence-corrected chi connectivity index (χ1v) is 4.00. The van der Waals surface area contributed by atoms with Crippen LogP contribution in [0.4, 0.5) is 0 Å². The molecule has 0 rings (SSSR count). The minimum atomic E-state index is -4.67. The summed E-state index contributed by atoms with van der Waals surface area (Å²) in [6.07, 6.45) is 0. The standard InChI is InChI=1S/C4H8O2.Na.H2O4S.H/c1-3-6-4(2)5;;1-5(2,3)4;/h3H2,1-2H3;;(H2,1,2,3,4);. The molecule has 12 heavy (non-hydrogen) atoms. The van der Waals surface area contributed by atoms with Crippen LogP contribution in [0.5, 0.6) is 0 Å². The Labute approximate surface area is 93.2 Å². The first kappa shape index (κ1) is 18.2. The van der Waals surface area contributed by atoms with Gasteiger partial charge in [0, 0.05) is 6.92 Å². The Morgan fingerprint density at radius 3 is 1.67 bits per heavy atom. The van der Waals surface area contributed by atoms with Crippen LogP contribution < -0.4 is 0 Å². The van der Waals surface area contributed by atoms with Crippen molar-refractivity contribution in [3.05, 3.63) is 0 Å². The molecule has 0 radical (unpaired) electrons. The van der Waals surface area contributed by atoms with Crippen LogP contribution in [0.2, 0.25) is 0 Å². The van der Waals surface area contributed by atoms with E-state index in [1.165, 1.54) is 6.92 Å². The van der Waals surface area contributed by atoms with E-state index in [2.05, 4.69) is 4.74 Å². The Bertz CT molecular complexity index is 190. The first-order valence-electron chi connectivity index (χ1n) is 2.60. The Kier molecular flexibility index (Phi) is 14.3. The van der Waals surface area contributed by atoms with Crippen molar-refractivity contribution in [1.29, 1.82) is 0 Å². The van der Waals surface area contributed by atoms with Gasteiger partial charge >= 0.3 is 45.9 Å². The van der Waals surface area contributed by atoms with Crippen LogP contribution in [-0.4, -0.2) is 59.7 Å². The molecule has 0 heterocycles. The molecule has 0 aromatic carbocycles. The van der Waals surface area contributed by atoms with Gasteiger partial charge in [0.15, 0.2) is 0 Å². The third-order valence-electron chi connectivity index (χ3n) is 0.348. The van der Waals surface area contributed by atoms with Crippen LogP contribution in [0.3, 0.4) is 0 Å². The van der Waals surface area contributed by atoms with Crippen molar-refractivity contribution < 1.29 is 27.1 Å². The van der Waals surface area contributed by atoms with E-state index in [1.807, 2.05) is 0 Å². The van der Waals surface area contributed by atoms with E-state index in [9.17, 15) is 4.79 Å². The van der Waals surface area contributed by atoms with Gasteiger partial charge in [-0.05, 0) is 6.92 Å². The van der Waals surface area contributed by atoms with Crippen LogP contribution in [0.1, 0.15) is 13.8 Å². The van der Waals surface area contributed by atoms with Gasteiger partial charge in [0.25, 0.3) is 0 Å². The van der Waals surface area contributed by atoms with Gasteiger partial charge in [-0.25, -0.2) is 0 Å². The molecule has 0 amide bonds. The molecule has 8 heteroatoms. The zero-order valence-electron chi connectivity index (χ0n) is 6.14. The summed E-state index contributed by atoms with van der Waals surface area (Å²) >= 11 is 0. The Balaban J connectivity index is -0.000000126. The normalized spacial score (nSPS) is 8.67. The average Bonchev–Trinajstić information content (AvgIpc) is 1.58. The number of rotatable bonds is 1. The molecule has 0 aromatic heterocycles. The molecule has 6 nitrogen and oxygen atoms in total. The van der Waals surface area contributed by atoms with Crippen LogP contribution in [-0.2, 0) is 19.9 Å². The topological polar surface area (TPSA) is 101 Å². The Morgan fingerprint density at radius 1 is 1.42 bits per heavy atom. The van der Waals surface area contributed by atoms with Gasteiger partial charge in [0.1, 0.15) is 0 Å². The molecule has 0 unspecified atom stereocenters. The van der Waals surface area contributed by atoms with Gasteiger partial charge in [-0.1, -0.05) is 0 Å². The van der Waals surface area contributed by atoms with Crippen LogP contribution >= 0.6 is 0 Å². The molecule has 0 saturated heterocycles. The molecule has 70 valence electrons. The number of carbonyl (C=O) groups excluding carboxylic acids is 1. The fourth-order valence-corrected chi connectivity index (χ4v) is 0.203. The predicted molar refractivity (Wildman–Crippen MR) is 43.6 cm³/mol. The third-order valence-corrected chi connectivity index (χ3v) is 0.348. The zero-order valence-corrected chi connectivity index (χ0v) is 6.96. The number of esters is 1. The number of hydrogen-bond acceptors (Lipinski definition) is 4. The van der Waals surface area contributed by atoms with Gasteiger partial charge in [0.2, 0.25) is 0 Å². The monoisotopic (exact) mass is 210 g/mol. The van der Waals surface area contributed by atoms with E-state index >= 15 is 0 Å². The number of hydrogen-bond donors (Lipinski definition) is 2. The summed E-state index contributed by atoms with van der Waals surface area (Å²) in [4.78, 5) is 9.82. The SMILES string of the molecule is CCOC(C)=O.O=S(=O)(O)O.[NaH]. The van der Waals surface area contributed by atoms with E-state index in [0.29, 0.717) is 6.61 Å². The van der Waals surface area contributed by atoms with Crippen LogP contribution in [0.25, 0.3) is 0 Å². The summed E-state index contributed by atoms with van der Waals surface area (Å²) in [5.74, 6) is -0.211. The Morgan fingerprint density at radius 2 is 1.67 bits per heavy atom. The summed E-state index contributed by atoms with van der Waals surface area (Å²) < 4.78 is 36.0. The molecule has 0 aromatic rings. The molecular formula is C4H11NaO6S. The summed E-state index contributed by atoms with van der Waals surface area (Å²) in [6.45, 7) is 3.65. The van der Waals surface area contributed by atoms with E-state index in [0.717, 1.165) is 0 Å². The van der Waals surface area contributed by atoms with Crippen molar-refractivity contribution in [3.63, 3.8) is 0 Å². The Hall–Kier alpha value is 0.340. The van der Waals surface area contributed by atoms with Gasteiger partial charge in [-0.15, -0.1) is 0 Å². The molecule has 0 spiro atoms. The van der Waals surface area contributed by atoms with Crippen molar-refractivity contribution in [3.8, 4) is 0 Å². The molecule has 0 saturated carbocycles. The van der Waals surface area contributed by atoms with E-state index in [1.54, 1.807) is 6.92 Å². The molecular weight excluding hydrogens is 199 g/mol. The summed E-state index contributed by atoms with van der Waals surface area (Å²) in [7, 11) is -4.67. The summed E-state index contributed by atoms with van der Waals surface area (Å²) in [5.41, 5.74) is 0. The fraction of sp³-hybridized carbons (Fsp3) is 0.750. The third kappa shape index (κ3) is 80.9. The number of ether oxygens (including phenoxy) is 1. The van der Waals surface area contributed by atoms with Gasteiger partial charge < -0.3 is 4.74 Å². The van der Waals surface area contributed by atoms with E-state index in [-0.39, 0.29) is 35.5 Å². The molecule has 0 aliphatic carbocycles. The molecule has 0 bridgehead atoms. The van der Waals surface area contributed by atoms with Crippen LogP contribution in [0, 0.1) is 0 Å². The van der Waals surface area contributed by atoms with Crippen molar-refractivity contribution in [2.24, 2.45) is 0 Å². The van der Waals surface area contributed by atoms with E-state index < -0.39 is 10.4 Å². The van der Waals surface area contributed by atoms with Crippen LogP contribution in [0.15, 0.2) is 0 Å². The second-order valence-corrected chi connectivity index (χ2v) is 2.27. The van der Waals surface area contributed by atoms with Crippen molar-refractivity contribution in [2.45, 2.75) is 13.8 Å². The molecule has 2 N–H and O–H groups in total. The quantitative estimate of drug-likeness (QED) is 0.336. The average molecular weight is 210 g/mol. The predicted octanol–water partition coefficient (Wildman–Crippen LogP) is -0.732. The van der Waals surface area contributed by atoms with Gasteiger partial charge in [-0.3, -0.25) is 13.9 Å². The molecule has 0 atom stereocenters. The van der Waals surface area contributed by atoms with Crippen molar-refractivity contribution in [1.82, 2.24) is 0 Å². The maximum atomic E-state index is 9.82. The second kappa shape index (κ2) is 9.43.